The summed E-state index contributed by atoms with van der Waals surface area (Å²) in [6, 6.07) is 0. The topological polar surface area (TPSA) is 69.6 Å². The molecule has 1 aromatic heterocycles. The summed E-state index contributed by atoms with van der Waals surface area (Å²) in [5, 5.41) is 7.30. The molecule has 7 heteroatoms. The van der Waals surface area contributed by atoms with Crippen molar-refractivity contribution >= 4 is 23.2 Å². The molecule has 6 nitrogen and oxygen atoms in total. The smallest absolute Gasteiger partial charge is 0.223 e. The van der Waals surface area contributed by atoms with Crippen LogP contribution in [0.4, 0.5) is 0 Å². The second-order valence-electron chi connectivity index (χ2n) is 4.52. The van der Waals surface area contributed by atoms with E-state index in [1.165, 1.54) is 4.88 Å². The van der Waals surface area contributed by atoms with Crippen molar-refractivity contribution in [2.24, 2.45) is 4.99 Å². The van der Waals surface area contributed by atoms with Gasteiger partial charge in [-0.25, -0.2) is 9.98 Å². The van der Waals surface area contributed by atoms with Crippen molar-refractivity contribution in [3.63, 3.8) is 0 Å². The molecule has 0 saturated carbocycles. The lowest BCUT2D eigenvalue weighted by Crippen LogP contribution is -2.39. The molecule has 1 amide bonds. The van der Waals surface area contributed by atoms with Crippen molar-refractivity contribution in [1.82, 2.24) is 20.5 Å². The van der Waals surface area contributed by atoms with Crippen molar-refractivity contribution in [2.75, 3.05) is 27.2 Å². The third kappa shape index (κ3) is 6.01. The van der Waals surface area contributed by atoms with Crippen LogP contribution < -0.4 is 10.6 Å². The van der Waals surface area contributed by atoms with Gasteiger partial charge in [0.25, 0.3) is 0 Å². The van der Waals surface area contributed by atoms with Gasteiger partial charge in [-0.15, -0.1) is 11.3 Å². The molecule has 0 fully saturated rings. The fourth-order valence-electron chi connectivity index (χ4n) is 1.47. The van der Waals surface area contributed by atoms with Crippen LogP contribution in [-0.4, -0.2) is 48.9 Å². The quantitative estimate of drug-likeness (QED) is 0.607. The highest BCUT2D eigenvalue weighted by Gasteiger charge is 2.04. The maximum absolute atomic E-state index is 11.5. The van der Waals surface area contributed by atoms with Crippen LogP contribution >= 0.6 is 11.3 Å². The molecule has 0 bridgehead atoms. The highest BCUT2D eigenvalue weighted by Crippen LogP contribution is 2.11. The molecule has 1 rings (SSSR count). The number of aromatic nitrogens is 1. The molecule has 20 heavy (non-hydrogen) atoms. The molecule has 0 saturated heterocycles. The average molecular weight is 297 g/mol. The Bertz CT molecular complexity index is 455. The van der Waals surface area contributed by atoms with E-state index in [9.17, 15) is 4.79 Å². The Kier molecular flexibility index (Phi) is 7.00. The zero-order valence-electron chi connectivity index (χ0n) is 12.6. The third-order valence-electron chi connectivity index (χ3n) is 2.52. The van der Waals surface area contributed by atoms with Gasteiger partial charge in [0.15, 0.2) is 5.96 Å². The van der Waals surface area contributed by atoms with Crippen LogP contribution in [0.2, 0.25) is 0 Å². The molecule has 0 aliphatic carbocycles. The second kappa shape index (κ2) is 8.52. The molecule has 1 aromatic rings. The van der Waals surface area contributed by atoms with E-state index in [-0.39, 0.29) is 5.91 Å². The zero-order chi connectivity index (χ0) is 15.0. The normalized spacial score (nSPS) is 11.3. The maximum atomic E-state index is 11.5. The number of guanidine groups is 1. The fourth-order valence-corrected chi connectivity index (χ4v) is 2.19. The number of nitrogens with zero attached hydrogens (tertiary/aromatic N) is 3. The van der Waals surface area contributed by atoms with Crippen molar-refractivity contribution in [2.45, 2.75) is 26.8 Å². The predicted octanol–water partition coefficient (Wildman–Crippen LogP) is 0.985. The monoisotopic (exact) mass is 297 g/mol. The fraction of sp³-hybridized carbons (Fsp3) is 0.615. The van der Waals surface area contributed by atoms with Crippen LogP contribution in [0, 0.1) is 6.92 Å². The zero-order valence-corrected chi connectivity index (χ0v) is 13.4. The lowest BCUT2D eigenvalue weighted by molar-refractivity contribution is -0.128. The standard InChI is InChI=1S/C13H23N5OS/c1-5-14-13(15-7-6-12(19)18(3)4)17-9-11-16-8-10(2)20-11/h8H,5-7,9H2,1-4H3,(H2,14,15,17). The second-order valence-corrected chi connectivity index (χ2v) is 5.84. The van der Waals surface area contributed by atoms with Gasteiger partial charge in [0.05, 0.1) is 6.54 Å². The van der Waals surface area contributed by atoms with Gasteiger partial charge in [-0.1, -0.05) is 0 Å². The first-order valence-electron chi connectivity index (χ1n) is 6.66. The molecule has 1 heterocycles. The summed E-state index contributed by atoms with van der Waals surface area (Å²) in [6.45, 7) is 5.94. The lowest BCUT2D eigenvalue weighted by atomic mass is 10.4. The van der Waals surface area contributed by atoms with Gasteiger partial charge < -0.3 is 15.5 Å². The third-order valence-corrected chi connectivity index (χ3v) is 3.41. The van der Waals surface area contributed by atoms with Crippen LogP contribution in [0.15, 0.2) is 11.2 Å². The van der Waals surface area contributed by atoms with Gasteiger partial charge in [-0.3, -0.25) is 4.79 Å². The van der Waals surface area contributed by atoms with Gasteiger partial charge in [-0.2, -0.15) is 0 Å². The number of aryl methyl sites for hydroxylation is 1. The molecule has 0 aliphatic heterocycles. The van der Waals surface area contributed by atoms with E-state index in [1.54, 1.807) is 30.3 Å². The first-order valence-corrected chi connectivity index (χ1v) is 7.48. The van der Waals surface area contributed by atoms with Crippen molar-refractivity contribution in [3.8, 4) is 0 Å². The van der Waals surface area contributed by atoms with E-state index < -0.39 is 0 Å². The SMILES string of the molecule is CCNC(=NCc1ncc(C)s1)NCCC(=O)N(C)C. The number of aliphatic imine (C=N–C) groups is 1. The van der Waals surface area contributed by atoms with Crippen LogP contribution in [0.1, 0.15) is 23.2 Å². The van der Waals surface area contributed by atoms with E-state index in [0.29, 0.717) is 25.5 Å². The van der Waals surface area contributed by atoms with Crippen LogP contribution in [0.3, 0.4) is 0 Å². The highest BCUT2D eigenvalue weighted by atomic mass is 32.1. The molecule has 0 spiro atoms. The number of hydrogen-bond acceptors (Lipinski definition) is 4. The first kappa shape index (κ1) is 16.4. The van der Waals surface area contributed by atoms with E-state index in [0.717, 1.165) is 11.6 Å². The van der Waals surface area contributed by atoms with E-state index in [4.69, 9.17) is 0 Å². The molecule has 0 atom stereocenters. The number of amides is 1. The van der Waals surface area contributed by atoms with Gasteiger partial charge in [0.2, 0.25) is 5.91 Å². The van der Waals surface area contributed by atoms with Crippen LogP contribution in [-0.2, 0) is 11.3 Å². The summed E-state index contributed by atoms with van der Waals surface area (Å²) in [5.74, 6) is 0.816. The Morgan fingerprint density at radius 3 is 2.75 bits per heavy atom. The molecule has 112 valence electrons. The van der Waals surface area contributed by atoms with Crippen molar-refractivity contribution < 1.29 is 4.79 Å². The number of rotatable bonds is 6. The van der Waals surface area contributed by atoms with Crippen molar-refractivity contribution in [3.05, 3.63) is 16.1 Å². The van der Waals surface area contributed by atoms with Gasteiger partial charge in [-0.05, 0) is 13.8 Å². The summed E-state index contributed by atoms with van der Waals surface area (Å²) in [5.41, 5.74) is 0. The maximum Gasteiger partial charge on any atom is 0.223 e. The lowest BCUT2D eigenvalue weighted by Gasteiger charge is -2.13. The first-order chi connectivity index (χ1) is 9.52. The van der Waals surface area contributed by atoms with Gasteiger partial charge >= 0.3 is 0 Å². The summed E-state index contributed by atoms with van der Waals surface area (Å²) >= 11 is 1.65. The molecular weight excluding hydrogens is 274 g/mol. The molecule has 0 aromatic carbocycles. The van der Waals surface area contributed by atoms with E-state index >= 15 is 0 Å². The Labute approximate surface area is 124 Å². The largest absolute Gasteiger partial charge is 0.357 e. The summed E-state index contributed by atoms with van der Waals surface area (Å²) < 4.78 is 0. The summed E-state index contributed by atoms with van der Waals surface area (Å²) in [6.07, 6.45) is 2.30. The van der Waals surface area contributed by atoms with Crippen LogP contribution in [0.5, 0.6) is 0 Å². The number of carbonyl (C=O) groups is 1. The molecule has 0 radical (unpaired) electrons. The van der Waals surface area contributed by atoms with Crippen molar-refractivity contribution in [1.29, 1.82) is 0 Å². The Morgan fingerprint density at radius 1 is 1.45 bits per heavy atom. The summed E-state index contributed by atoms with van der Waals surface area (Å²) in [4.78, 5) is 23.0. The minimum atomic E-state index is 0.101. The average Bonchev–Trinajstić information content (AvgIpc) is 2.81. The number of thiazole rings is 1. The Morgan fingerprint density at radius 2 is 2.20 bits per heavy atom. The predicted molar refractivity (Wildman–Crippen MR) is 83.0 cm³/mol. The van der Waals surface area contributed by atoms with E-state index in [1.807, 2.05) is 20.0 Å². The Balaban J connectivity index is 2.44. The minimum Gasteiger partial charge on any atom is -0.357 e. The van der Waals surface area contributed by atoms with Gasteiger partial charge in [0, 0.05) is 44.7 Å². The molecular formula is C13H23N5OS. The van der Waals surface area contributed by atoms with E-state index in [2.05, 4.69) is 20.6 Å². The highest BCUT2D eigenvalue weighted by molar-refractivity contribution is 7.11. The number of hydrogen-bond donors (Lipinski definition) is 2. The Hall–Kier alpha value is -1.63. The molecule has 0 unspecified atom stereocenters. The molecule has 0 aliphatic rings. The summed E-state index contributed by atoms with van der Waals surface area (Å²) in [7, 11) is 3.51. The van der Waals surface area contributed by atoms with Crippen LogP contribution in [0.25, 0.3) is 0 Å². The van der Waals surface area contributed by atoms with Gasteiger partial charge in [0.1, 0.15) is 5.01 Å². The number of nitrogens with one attached hydrogen (secondary N) is 2. The number of carbonyl (C=O) groups excluding carboxylic acids is 1. The molecule has 2 N–H and O–H groups in total. The minimum absolute atomic E-state index is 0.101.